The summed E-state index contributed by atoms with van der Waals surface area (Å²) in [7, 11) is 1.55. The number of nitrogens with one attached hydrogen (secondary N) is 1. The van der Waals surface area contributed by atoms with Crippen molar-refractivity contribution in [3.05, 3.63) is 53.1 Å². The lowest BCUT2D eigenvalue weighted by Crippen LogP contribution is -2.33. The number of hydrogen-bond donors (Lipinski definition) is 1. The zero-order valence-corrected chi connectivity index (χ0v) is 21.8. The fourth-order valence-electron chi connectivity index (χ4n) is 5.25. The molecule has 2 unspecified atom stereocenters. The van der Waals surface area contributed by atoms with E-state index in [-0.39, 0.29) is 17.9 Å². The van der Waals surface area contributed by atoms with E-state index in [0.717, 1.165) is 25.5 Å². The predicted octanol–water partition coefficient (Wildman–Crippen LogP) is 4.34. The number of anilines is 3. The highest BCUT2D eigenvalue weighted by atomic mass is 35.5. The molecule has 38 heavy (non-hydrogen) atoms. The molecule has 2 saturated heterocycles. The van der Waals surface area contributed by atoms with Crippen LogP contribution in [0, 0.1) is 23.2 Å². The molecule has 2 aromatic heterocycles. The molecule has 0 bridgehead atoms. The molecular formula is C27H28ClN7O3. The zero-order valence-electron chi connectivity index (χ0n) is 21.0. The van der Waals surface area contributed by atoms with Gasteiger partial charge in [-0.15, -0.1) is 0 Å². The lowest BCUT2D eigenvalue weighted by atomic mass is 9.90. The minimum atomic E-state index is -0.131. The van der Waals surface area contributed by atoms with E-state index in [4.69, 9.17) is 31.1 Å². The third-order valence-corrected chi connectivity index (χ3v) is 7.74. The fraction of sp³-hybridized carbons (Fsp3) is 0.444. The molecule has 1 N–H and O–H groups in total. The van der Waals surface area contributed by atoms with E-state index in [9.17, 15) is 0 Å². The SMILES string of the molecule is COc1c(Nc2ccc(C#N)cc2Cl)ncnc1O[C@@H]1CCOCC2CN(c3ncc(C4CC4)cn3)CC21. The number of methoxy groups -OCH3 is 1. The molecule has 4 heterocycles. The van der Waals surface area contributed by atoms with Gasteiger partial charge in [0.05, 0.1) is 42.7 Å². The van der Waals surface area contributed by atoms with Crippen molar-refractivity contribution < 1.29 is 14.2 Å². The molecule has 10 nitrogen and oxygen atoms in total. The summed E-state index contributed by atoms with van der Waals surface area (Å²) in [6.07, 6.45) is 8.44. The van der Waals surface area contributed by atoms with Gasteiger partial charge in [-0.05, 0) is 42.5 Å². The van der Waals surface area contributed by atoms with Crippen LogP contribution >= 0.6 is 11.6 Å². The lowest BCUT2D eigenvalue weighted by Gasteiger charge is -2.26. The summed E-state index contributed by atoms with van der Waals surface area (Å²) in [6.45, 7) is 2.88. The number of benzene rings is 1. The first-order chi connectivity index (χ1) is 18.6. The molecule has 1 aromatic carbocycles. The van der Waals surface area contributed by atoms with Crippen molar-refractivity contribution in [3.63, 3.8) is 0 Å². The van der Waals surface area contributed by atoms with Crippen LogP contribution in [-0.4, -0.2) is 59.5 Å². The summed E-state index contributed by atoms with van der Waals surface area (Å²) in [6, 6.07) is 7.08. The first-order valence-electron chi connectivity index (χ1n) is 12.8. The van der Waals surface area contributed by atoms with Gasteiger partial charge in [0, 0.05) is 43.7 Å². The largest absolute Gasteiger partial charge is 0.489 e. The standard InChI is InChI=1S/C27H28ClN7O3/c1-36-24-25(34-22-5-2-16(9-29)8-21(22)28)32-15-33-26(24)38-23-6-7-37-14-19-12-35(13-20(19)23)27-30-10-18(11-31-27)17-3-4-17/h2,5,8,10-11,15,17,19-20,23H,3-4,6-7,12-14H2,1H3,(H,32,33,34)/t19?,20?,23-/m1/s1. The Bertz CT molecular complexity index is 1350. The van der Waals surface area contributed by atoms with Crippen molar-refractivity contribution in [3.8, 4) is 17.7 Å². The molecule has 3 fully saturated rings. The zero-order chi connectivity index (χ0) is 26.1. The third-order valence-electron chi connectivity index (χ3n) is 7.43. The Hall–Kier alpha value is -3.68. The maximum Gasteiger partial charge on any atom is 0.262 e. The van der Waals surface area contributed by atoms with E-state index < -0.39 is 0 Å². The second-order valence-electron chi connectivity index (χ2n) is 9.93. The minimum Gasteiger partial charge on any atom is -0.489 e. The van der Waals surface area contributed by atoms with Crippen molar-refractivity contribution in [1.82, 2.24) is 19.9 Å². The Labute approximate surface area is 225 Å². The van der Waals surface area contributed by atoms with Gasteiger partial charge in [-0.1, -0.05) is 11.6 Å². The second-order valence-corrected chi connectivity index (χ2v) is 10.3. The Morgan fingerprint density at radius 1 is 1.13 bits per heavy atom. The molecule has 3 atom stereocenters. The second kappa shape index (κ2) is 10.6. The topological polar surface area (TPSA) is 118 Å². The first-order valence-corrected chi connectivity index (χ1v) is 13.2. The van der Waals surface area contributed by atoms with Crippen LogP contribution in [0.3, 0.4) is 0 Å². The molecule has 6 rings (SSSR count). The summed E-state index contributed by atoms with van der Waals surface area (Å²) in [5.41, 5.74) is 2.30. The Balaban J connectivity index is 1.21. The summed E-state index contributed by atoms with van der Waals surface area (Å²) < 4.78 is 18.1. The van der Waals surface area contributed by atoms with Crippen molar-refractivity contribution in [2.24, 2.45) is 11.8 Å². The maximum atomic E-state index is 9.11. The van der Waals surface area contributed by atoms with Gasteiger partial charge >= 0.3 is 0 Å². The summed E-state index contributed by atoms with van der Waals surface area (Å²) in [5, 5.41) is 12.7. The average molecular weight is 534 g/mol. The molecule has 0 radical (unpaired) electrons. The Kier molecular flexibility index (Phi) is 6.87. The van der Waals surface area contributed by atoms with Crippen LogP contribution in [0.4, 0.5) is 17.5 Å². The van der Waals surface area contributed by atoms with Gasteiger partial charge in [0.2, 0.25) is 11.7 Å². The van der Waals surface area contributed by atoms with E-state index in [2.05, 4.69) is 36.2 Å². The highest BCUT2D eigenvalue weighted by Gasteiger charge is 2.42. The summed E-state index contributed by atoms with van der Waals surface area (Å²) >= 11 is 6.36. The Morgan fingerprint density at radius 2 is 1.97 bits per heavy atom. The van der Waals surface area contributed by atoms with Crippen LogP contribution in [0.25, 0.3) is 0 Å². The lowest BCUT2D eigenvalue weighted by molar-refractivity contribution is 0.112. The van der Waals surface area contributed by atoms with Gasteiger partial charge in [0.1, 0.15) is 12.4 Å². The van der Waals surface area contributed by atoms with Crippen molar-refractivity contribution in [2.75, 3.05) is 43.6 Å². The number of nitrogens with zero attached hydrogens (tertiary/aromatic N) is 6. The van der Waals surface area contributed by atoms with Gasteiger partial charge in [-0.3, -0.25) is 0 Å². The Morgan fingerprint density at radius 3 is 2.71 bits per heavy atom. The van der Waals surface area contributed by atoms with Crippen LogP contribution in [0.5, 0.6) is 11.6 Å². The quantitative estimate of drug-likeness (QED) is 0.469. The van der Waals surface area contributed by atoms with Crippen LogP contribution in [0.15, 0.2) is 36.9 Å². The normalized spacial score (nSPS) is 22.8. The fourth-order valence-corrected chi connectivity index (χ4v) is 5.47. The van der Waals surface area contributed by atoms with Crippen LogP contribution < -0.4 is 19.7 Å². The van der Waals surface area contributed by atoms with Crippen LogP contribution in [0.2, 0.25) is 5.02 Å². The molecule has 1 aliphatic carbocycles. The molecule has 0 spiro atoms. The molecule has 196 valence electrons. The number of hydrogen-bond acceptors (Lipinski definition) is 10. The summed E-state index contributed by atoms with van der Waals surface area (Å²) in [4.78, 5) is 20.3. The number of ether oxygens (including phenoxy) is 3. The van der Waals surface area contributed by atoms with E-state index >= 15 is 0 Å². The van der Waals surface area contributed by atoms with Crippen LogP contribution in [-0.2, 0) is 4.74 Å². The van der Waals surface area contributed by atoms with E-state index in [1.54, 1.807) is 25.3 Å². The van der Waals surface area contributed by atoms with Crippen molar-refractivity contribution in [1.29, 1.82) is 5.26 Å². The van der Waals surface area contributed by atoms with Crippen LogP contribution in [0.1, 0.15) is 36.3 Å². The van der Waals surface area contributed by atoms with E-state index in [0.29, 0.717) is 52.9 Å². The smallest absolute Gasteiger partial charge is 0.262 e. The number of aromatic nitrogens is 4. The van der Waals surface area contributed by atoms with E-state index in [1.165, 1.54) is 24.7 Å². The maximum absolute atomic E-state index is 9.11. The number of nitriles is 1. The highest BCUT2D eigenvalue weighted by molar-refractivity contribution is 6.33. The number of halogens is 1. The van der Waals surface area contributed by atoms with E-state index in [1.807, 2.05) is 12.4 Å². The van der Waals surface area contributed by atoms with Gasteiger partial charge in [0.15, 0.2) is 5.82 Å². The van der Waals surface area contributed by atoms with Gasteiger partial charge in [0.25, 0.3) is 5.88 Å². The molecule has 2 aliphatic heterocycles. The molecule has 3 aliphatic rings. The van der Waals surface area contributed by atoms with Crippen molar-refractivity contribution >= 4 is 29.1 Å². The summed E-state index contributed by atoms with van der Waals surface area (Å²) in [5.74, 6) is 3.04. The monoisotopic (exact) mass is 533 g/mol. The first kappa shape index (κ1) is 24.6. The predicted molar refractivity (Wildman–Crippen MR) is 141 cm³/mol. The number of fused-ring (bicyclic) bond motifs is 1. The molecule has 11 heteroatoms. The molecule has 0 amide bonds. The van der Waals surface area contributed by atoms with Gasteiger partial charge in [-0.25, -0.2) is 15.0 Å². The number of rotatable bonds is 7. The van der Waals surface area contributed by atoms with Crippen molar-refractivity contribution in [2.45, 2.75) is 31.3 Å². The third kappa shape index (κ3) is 5.04. The minimum absolute atomic E-state index is 0.131. The van der Waals surface area contributed by atoms with Gasteiger partial charge < -0.3 is 24.4 Å². The van der Waals surface area contributed by atoms with Gasteiger partial charge in [-0.2, -0.15) is 10.2 Å². The molecular weight excluding hydrogens is 506 g/mol. The average Bonchev–Trinajstić information content (AvgIpc) is 3.74. The molecule has 1 saturated carbocycles. The molecule has 3 aromatic rings. The highest BCUT2D eigenvalue weighted by Crippen LogP contribution is 2.41.